The fourth-order valence-electron chi connectivity index (χ4n) is 1.37. The maximum absolute atomic E-state index is 10.6. The predicted molar refractivity (Wildman–Crippen MR) is 60.7 cm³/mol. The number of non-ortho nitro benzene ring substituents is 1. The van der Waals surface area contributed by atoms with Crippen LogP contribution in [0.15, 0.2) is 35.7 Å². The van der Waals surface area contributed by atoms with E-state index >= 15 is 0 Å². The third-order valence-corrected chi connectivity index (χ3v) is 3.12. The van der Waals surface area contributed by atoms with Crippen LogP contribution in [-0.2, 0) is 0 Å². The van der Waals surface area contributed by atoms with Crippen molar-refractivity contribution in [2.75, 3.05) is 0 Å². The second kappa shape index (κ2) is 4.34. The van der Waals surface area contributed by atoms with Gasteiger partial charge in [-0.1, -0.05) is 0 Å². The Hall–Kier alpha value is -2.21. The monoisotopic (exact) mass is 248 g/mol. The van der Waals surface area contributed by atoms with Crippen LogP contribution in [0.25, 0.3) is 11.1 Å². The molecule has 0 aliphatic carbocycles. The third kappa shape index (κ3) is 2.31. The van der Waals surface area contributed by atoms with Gasteiger partial charge in [0.25, 0.3) is 5.69 Å². The summed E-state index contributed by atoms with van der Waals surface area (Å²) >= 11 is 1.07. The highest BCUT2D eigenvalue weighted by molar-refractivity contribution is 7.12. The summed E-state index contributed by atoms with van der Waals surface area (Å²) < 4.78 is 0. The summed E-state index contributed by atoms with van der Waals surface area (Å²) in [6.07, 6.45) is 0. The lowest BCUT2D eigenvalue weighted by atomic mass is 10.1. The Labute approximate surface area is 100 Å². The van der Waals surface area contributed by atoms with Gasteiger partial charge in [0.15, 0.2) is 0 Å². The molecule has 0 atom stereocenters. The zero-order valence-corrected chi connectivity index (χ0v) is 9.27. The molecule has 0 N–H and O–H groups in total. The van der Waals surface area contributed by atoms with Crippen LogP contribution in [-0.4, -0.2) is 10.9 Å². The van der Waals surface area contributed by atoms with Crippen LogP contribution in [0.2, 0.25) is 0 Å². The van der Waals surface area contributed by atoms with E-state index in [2.05, 4.69) is 0 Å². The fourth-order valence-corrected chi connectivity index (χ4v) is 2.12. The Morgan fingerprint density at radius 3 is 2.29 bits per heavy atom. The number of hydrogen-bond acceptors (Lipinski definition) is 5. The summed E-state index contributed by atoms with van der Waals surface area (Å²) in [6, 6.07) is 7.41. The number of nitro benzene ring substituents is 1. The van der Waals surface area contributed by atoms with Crippen LogP contribution in [0.3, 0.4) is 0 Å². The fraction of sp³-hybridized carbons (Fsp3) is 0. The van der Waals surface area contributed by atoms with Crippen molar-refractivity contribution >= 4 is 23.0 Å². The molecule has 0 aliphatic heterocycles. The van der Waals surface area contributed by atoms with E-state index in [1.165, 1.54) is 18.2 Å². The summed E-state index contributed by atoms with van der Waals surface area (Å²) in [6.45, 7) is 0. The predicted octanol–water partition coefficient (Wildman–Crippen LogP) is 1.69. The average molecular weight is 248 g/mol. The number of benzene rings is 1. The van der Waals surface area contributed by atoms with Gasteiger partial charge in [0.1, 0.15) is 0 Å². The van der Waals surface area contributed by atoms with E-state index in [0.29, 0.717) is 5.56 Å². The second-order valence-corrected chi connectivity index (χ2v) is 4.20. The number of hydrogen-bond donors (Lipinski definition) is 0. The van der Waals surface area contributed by atoms with Crippen LogP contribution >= 0.6 is 11.3 Å². The van der Waals surface area contributed by atoms with Gasteiger partial charge >= 0.3 is 0 Å². The van der Waals surface area contributed by atoms with Gasteiger partial charge in [-0.25, -0.2) is 0 Å². The van der Waals surface area contributed by atoms with E-state index in [1.54, 1.807) is 17.5 Å². The lowest BCUT2D eigenvalue weighted by Crippen LogP contribution is -2.20. The molecule has 17 heavy (non-hydrogen) atoms. The number of aromatic carboxylic acids is 1. The third-order valence-electron chi connectivity index (χ3n) is 2.21. The van der Waals surface area contributed by atoms with Crippen LogP contribution in [0, 0.1) is 10.1 Å². The molecule has 0 fully saturated rings. The maximum Gasteiger partial charge on any atom is 0.269 e. The Morgan fingerprint density at radius 1 is 1.18 bits per heavy atom. The van der Waals surface area contributed by atoms with Gasteiger partial charge in [-0.2, -0.15) is 0 Å². The summed E-state index contributed by atoms with van der Waals surface area (Å²) in [5, 5.41) is 22.7. The molecular formula is C11H6NO4S-. The summed E-state index contributed by atoms with van der Waals surface area (Å²) in [5.74, 6) is -1.22. The van der Waals surface area contributed by atoms with E-state index in [0.717, 1.165) is 16.9 Å². The van der Waals surface area contributed by atoms with Crippen LogP contribution in [0.4, 0.5) is 5.69 Å². The maximum atomic E-state index is 10.6. The Kier molecular flexibility index (Phi) is 2.88. The molecule has 1 aromatic carbocycles. The molecule has 0 aliphatic rings. The van der Waals surface area contributed by atoms with E-state index in [4.69, 9.17) is 0 Å². The smallest absolute Gasteiger partial charge is 0.269 e. The van der Waals surface area contributed by atoms with Gasteiger partial charge in [0.05, 0.1) is 15.8 Å². The van der Waals surface area contributed by atoms with Crippen molar-refractivity contribution in [1.82, 2.24) is 0 Å². The van der Waals surface area contributed by atoms with E-state index in [9.17, 15) is 20.0 Å². The number of rotatable bonds is 3. The van der Waals surface area contributed by atoms with Gasteiger partial charge in [-0.3, -0.25) is 10.1 Å². The van der Waals surface area contributed by atoms with Crippen LogP contribution in [0.1, 0.15) is 9.67 Å². The molecule has 0 amide bonds. The lowest BCUT2D eigenvalue weighted by molar-refractivity contribution is -0.384. The number of carbonyl (C=O) groups is 1. The normalized spacial score (nSPS) is 10.1. The largest absolute Gasteiger partial charge is 0.544 e. The molecule has 0 saturated carbocycles. The molecule has 0 bridgehead atoms. The lowest BCUT2D eigenvalue weighted by Gasteiger charge is -1.97. The van der Waals surface area contributed by atoms with Crippen molar-refractivity contribution in [2.24, 2.45) is 0 Å². The number of nitrogens with zero attached hydrogens (tertiary/aromatic N) is 1. The van der Waals surface area contributed by atoms with Crippen molar-refractivity contribution in [3.63, 3.8) is 0 Å². The summed E-state index contributed by atoms with van der Waals surface area (Å²) in [5.41, 5.74) is 1.45. The molecule has 2 aromatic rings. The highest BCUT2D eigenvalue weighted by Gasteiger charge is 2.07. The molecule has 1 heterocycles. The van der Waals surface area contributed by atoms with Crippen molar-refractivity contribution in [3.05, 3.63) is 50.7 Å². The summed E-state index contributed by atoms with van der Waals surface area (Å²) in [7, 11) is 0. The first kappa shape index (κ1) is 11.3. The van der Waals surface area contributed by atoms with Gasteiger partial charge in [0.2, 0.25) is 0 Å². The number of carboxylic acids is 1. The van der Waals surface area contributed by atoms with Gasteiger partial charge in [-0.15, -0.1) is 11.3 Å². The SMILES string of the molecule is O=C([O-])c1cc(-c2ccc([N+](=O)[O-])cc2)cs1. The zero-order chi connectivity index (χ0) is 12.4. The molecule has 1 aromatic heterocycles. The Bertz CT molecular complexity index is 573. The van der Waals surface area contributed by atoms with Gasteiger partial charge in [0, 0.05) is 12.1 Å². The highest BCUT2D eigenvalue weighted by atomic mass is 32.1. The molecule has 0 unspecified atom stereocenters. The number of nitro groups is 1. The van der Waals surface area contributed by atoms with Crippen LogP contribution in [0.5, 0.6) is 0 Å². The first-order chi connectivity index (χ1) is 8.08. The number of thiophene rings is 1. The minimum atomic E-state index is -1.22. The first-order valence-electron chi connectivity index (χ1n) is 4.62. The molecule has 0 spiro atoms. The van der Waals surface area contributed by atoms with E-state index in [1.807, 2.05) is 0 Å². The van der Waals surface area contributed by atoms with Gasteiger partial charge in [-0.05, 0) is 34.7 Å². The van der Waals surface area contributed by atoms with Crippen molar-refractivity contribution in [2.45, 2.75) is 0 Å². The molecule has 6 heteroatoms. The molecule has 0 radical (unpaired) electrons. The quantitative estimate of drug-likeness (QED) is 0.611. The first-order valence-corrected chi connectivity index (χ1v) is 5.50. The van der Waals surface area contributed by atoms with Crippen molar-refractivity contribution < 1.29 is 14.8 Å². The minimum absolute atomic E-state index is 0.00380. The van der Waals surface area contributed by atoms with Gasteiger partial charge < -0.3 is 9.90 Å². The van der Waals surface area contributed by atoms with Crippen LogP contribution < -0.4 is 5.11 Å². The van der Waals surface area contributed by atoms with E-state index in [-0.39, 0.29) is 10.6 Å². The zero-order valence-electron chi connectivity index (χ0n) is 8.45. The highest BCUT2D eigenvalue weighted by Crippen LogP contribution is 2.26. The Balaban J connectivity index is 2.33. The van der Waals surface area contributed by atoms with Crippen molar-refractivity contribution in [1.29, 1.82) is 0 Å². The molecule has 2 rings (SSSR count). The van der Waals surface area contributed by atoms with E-state index < -0.39 is 10.9 Å². The molecular weight excluding hydrogens is 242 g/mol. The molecule has 0 saturated heterocycles. The standard InChI is InChI=1S/C11H7NO4S/c13-11(14)10-5-8(6-17-10)7-1-3-9(4-2-7)12(15)16/h1-6H,(H,13,14)/p-1. The number of carboxylic acid groups (broad SMARTS) is 1. The number of carbonyl (C=O) groups excluding carboxylic acids is 1. The summed E-state index contributed by atoms with van der Waals surface area (Å²) in [4.78, 5) is 20.7. The topological polar surface area (TPSA) is 83.3 Å². The average Bonchev–Trinajstić information content (AvgIpc) is 2.78. The molecule has 86 valence electrons. The minimum Gasteiger partial charge on any atom is -0.544 e. The Morgan fingerprint density at radius 2 is 1.82 bits per heavy atom. The van der Waals surface area contributed by atoms with Crippen molar-refractivity contribution in [3.8, 4) is 11.1 Å². The second-order valence-electron chi connectivity index (χ2n) is 3.29. The molecule has 5 nitrogen and oxygen atoms in total.